The van der Waals surface area contributed by atoms with Gasteiger partial charge < -0.3 is 15.1 Å². The minimum absolute atomic E-state index is 0.212. The fourth-order valence-electron chi connectivity index (χ4n) is 2.78. The summed E-state index contributed by atoms with van der Waals surface area (Å²) >= 11 is 0. The van der Waals surface area contributed by atoms with Gasteiger partial charge >= 0.3 is 0 Å². The second-order valence-electron chi connectivity index (χ2n) is 5.89. The Morgan fingerprint density at radius 3 is 2.68 bits per heavy atom. The number of rotatable bonds is 4. The van der Waals surface area contributed by atoms with Crippen LogP contribution in [0.3, 0.4) is 0 Å². The number of carbonyl (C=O) groups is 1. The topological polar surface area (TPSA) is 123 Å². The Morgan fingerprint density at radius 1 is 1.04 bits per heavy atom. The van der Waals surface area contributed by atoms with Crippen LogP contribution in [0.5, 0.6) is 0 Å². The van der Waals surface area contributed by atoms with Crippen LogP contribution in [0.2, 0.25) is 0 Å². The zero-order chi connectivity index (χ0) is 18.9. The van der Waals surface area contributed by atoms with Crippen LogP contribution in [0.1, 0.15) is 10.5 Å². The molecule has 28 heavy (non-hydrogen) atoms. The first-order chi connectivity index (χ1) is 13.8. The van der Waals surface area contributed by atoms with E-state index in [4.69, 9.17) is 4.42 Å². The van der Waals surface area contributed by atoms with E-state index in [-0.39, 0.29) is 11.6 Å². The summed E-state index contributed by atoms with van der Waals surface area (Å²) in [5, 5.41) is 17.8. The standard InChI is InChI=1S/C18H12N8O2/c27-18(14-9-28-10-19-14)21-12-7-5-11(6-8-12)20-16-17-23-24-25-26(17)15-4-2-1-3-13(15)22-16/h1-10H,(H,20,22)(H,21,27). The molecule has 10 heteroatoms. The highest BCUT2D eigenvalue weighted by Gasteiger charge is 2.12. The zero-order valence-corrected chi connectivity index (χ0v) is 14.3. The number of carbonyl (C=O) groups excluding carboxylic acids is 1. The third kappa shape index (κ3) is 2.78. The molecule has 0 fully saturated rings. The number of para-hydroxylation sites is 2. The number of hydrogen-bond acceptors (Lipinski definition) is 8. The van der Waals surface area contributed by atoms with Gasteiger partial charge in [0.2, 0.25) is 5.65 Å². The SMILES string of the molecule is O=C(Nc1ccc(Nc2nc3ccccc3n3nnnc23)cc1)c1cocn1. The second kappa shape index (κ2) is 6.43. The zero-order valence-electron chi connectivity index (χ0n) is 14.3. The number of amides is 1. The van der Waals surface area contributed by atoms with E-state index >= 15 is 0 Å². The molecule has 0 saturated carbocycles. The van der Waals surface area contributed by atoms with Gasteiger partial charge in [-0.15, -0.1) is 5.10 Å². The first kappa shape index (κ1) is 15.9. The number of aromatic nitrogens is 6. The maximum atomic E-state index is 12.0. The van der Waals surface area contributed by atoms with E-state index in [9.17, 15) is 4.79 Å². The quantitative estimate of drug-likeness (QED) is 0.493. The van der Waals surface area contributed by atoms with Crippen molar-refractivity contribution in [2.45, 2.75) is 0 Å². The normalized spacial score (nSPS) is 11.0. The highest BCUT2D eigenvalue weighted by atomic mass is 16.3. The Morgan fingerprint density at radius 2 is 1.86 bits per heavy atom. The van der Waals surface area contributed by atoms with Crippen molar-refractivity contribution >= 4 is 39.8 Å². The van der Waals surface area contributed by atoms with Gasteiger partial charge in [0, 0.05) is 11.4 Å². The Hall–Kier alpha value is -4.34. The lowest BCUT2D eigenvalue weighted by Gasteiger charge is -2.09. The highest BCUT2D eigenvalue weighted by Crippen LogP contribution is 2.23. The summed E-state index contributed by atoms with van der Waals surface area (Å²) < 4.78 is 6.45. The van der Waals surface area contributed by atoms with Crippen LogP contribution in [0.4, 0.5) is 17.2 Å². The van der Waals surface area contributed by atoms with E-state index < -0.39 is 0 Å². The maximum Gasteiger partial charge on any atom is 0.277 e. The number of benzene rings is 2. The van der Waals surface area contributed by atoms with Crippen LogP contribution in [-0.2, 0) is 0 Å². The number of nitrogens with zero attached hydrogens (tertiary/aromatic N) is 6. The third-order valence-electron chi connectivity index (χ3n) is 4.09. The van der Waals surface area contributed by atoms with Crippen molar-refractivity contribution < 1.29 is 9.21 Å². The van der Waals surface area contributed by atoms with Crippen molar-refractivity contribution in [2.75, 3.05) is 10.6 Å². The number of oxazole rings is 1. The van der Waals surface area contributed by atoms with Gasteiger partial charge in [-0.2, -0.15) is 4.52 Å². The maximum absolute atomic E-state index is 12.0. The summed E-state index contributed by atoms with van der Waals surface area (Å²) in [5.74, 6) is 0.185. The summed E-state index contributed by atoms with van der Waals surface area (Å²) in [5.41, 5.74) is 3.71. The average Bonchev–Trinajstić information content (AvgIpc) is 3.42. The van der Waals surface area contributed by atoms with Crippen LogP contribution in [0, 0.1) is 0 Å². The van der Waals surface area contributed by atoms with Gasteiger partial charge in [0.15, 0.2) is 17.9 Å². The number of fused-ring (bicyclic) bond motifs is 3. The molecule has 0 aliphatic rings. The van der Waals surface area contributed by atoms with E-state index in [0.29, 0.717) is 17.2 Å². The fraction of sp³-hybridized carbons (Fsp3) is 0. The summed E-state index contributed by atoms with van der Waals surface area (Å²) in [7, 11) is 0. The Balaban J connectivity index is 1.41. The minimum atomic E-state index is -0.345. The first-order valence-corrected chi connectivity index (χ1v) is 8.31. The van der Waals surface area contributed by atoms with E-state index in [0.717, 1.165) is 16.7 Å². The van der Waals surface area contributed by atoms with E-state index in [1.807, 2.05) is 36.4 Å². The number of anilines is 3. The van der Waals surface area contributed by atoms with E-state index in [1.165, 1.54) is 12.7 Å². The van der Waals surface area contributed by atoms with Crippen LogP contribution in [0.25, 0.3) is 16.7 Å². The fourth-order valence-corrected chi connectivity index (χ4v) is 2.78. The van der Waals surface area contributed by atoms with Gasteiger partial charge in [-0.1, -0.05) is 12.1 Å². The summed E-state index contributed by atoms with van der Waals surface area (Å²) in [6, 6.07) is 14.8. The van der Waals surface area contributed by atoms with Gasteiger partial charge in [0.25, 0.3) is 5.91 Å². The highest BCUT2D eigenvalue weighted by molar-refractivity contribution is 6.02. The molecule has 1 amide bonds. The van der Waals surface area contributed by atoms with E-state index in [1.54, 1.807) is 16.6 Å². The molecule has 0 aliphatic carbocycles. The number of tetrazole rings is 1. The predicted molar refractivity (Wildman–Crippen MR) is 100 cm³/mol. The van der Waals surface area contributed by atoms with Crippen molar-refractivity contribution in [3.63, 3.8) is 0 Å². The molecular formula is C18H12N8O2. The van der Waals surface area contributed by atoms with Crippen LogP contribution >= 0.6 is 0 Å². The summed E-state index contributed by atoms with van der Waals surface area (Å²) in [6.07, 6.45) is 2.49. The van der Waals surface area contributed by atoms with Crippen LogP contribution in [0.15, 0.2) is 65.6 Å². The smallest absolute Gasteiger partial charge is 0.277 e. The number of nitrogens with one attached hydrogen (secondary N) is 2. The second-order valence-corrected chi connectivity index (χ2v) is 5.89. The monoisotopic (exact) mass is 372 g/mol. The summed E-state index contributed by atoms with van der Waals surface area (Å²) in [6.45, 7) is 0. The van der Waals surface area contributed by atoms with Crippen LogP contribution in [-0.4, -0.2) is 35.9 Å². The van der Waals surface area contributed by atoms with Gasteiger partial charge in [0.05, 0.1) is 11.0 Å². The predicted octanol–water partition coefficient (Wildman–Crippen LogP) is 2.66. The third-order valence-corrected chi connectivity index (χ3v) is 4.09. The van der Waals surface area contributed by atoms with Gasteiger partial charge in [-0.25, -0.2) is 9.97 Å². The van der Waals surface area contributed by atoms with Gasteiger partial charge in [-0.05, 0) is 46.8 Å². The lowest BCUT2D eigenvalue weighted by Crippen LogP contribution is -2.12. The molecule has 0 atom stereocenters. The molecule has 0 bridgehead atoms. The molecule has 0 radical (unpaired) electrons. The van der Waals surface area contributed by atoms with Crippen molar-refractivity contribution in [1.29, 1.82) is 0 Å². The number of hydrogen-bond donors (Lipinski definition) is 2. The molecule has 0 spiro atoms. The molecular weight excluding hydrogens is 360 g/mol. The van der Waals surface area contributed by atoms with Gasteiger partial charge in [0.1, 0.15) is 6.26 Å². The Kier molecular flexibility index (Phi) is 3.65. The molecule has 2 aromatic carbocycles. The molecule has 10 nitrogen and oxygen atoms in total. The summed E-state index contributed by atoms with van der Waals surface area (Å²) in [4.78, 5) is 20.4. The van der Waals surface area contributed by atoms with Crippen LogP contribution < -0.4 is 10.6 Å². The largest absolute Gasteiger partial charge is 0.451 e. The molecule has 5 aromatic rings. The lowest BCUT2D eigenvalue weighted by molar-refractivity contribution is 0.102. The molecule has 2 N–H and O–H groups in total. The molecule has 0 saturated heterocycles. The van der Waals surface area contributed by atoms with Crippen molar-refractivity contribution in [3.05, 3.63) is 66.9 Å². The molecule has 0 unspecified atom stereocenters. The molecule has 0 aliphatic heterocycles. The molecule has 3 heterocycles. The lowest BCUT2D eigenvalue weighted by atomic mass is 10.2. The Labute approximate surface area is 157 Å². The Bertz CT molecular complexity index is 1280. The molecule has 5 rings (SSSR count). The van der Waals surface area contributed by atoms with Crippen molar-refractivity contribution in [3.8, 4) is 0 Å². The van der Waals surface area contributed by atoms with Crippen molar-refractivity contribution in [1.82, 2.24) is 30.0 Å². The van der Waals surface area contributed by atoms with E-state index in [2.05, 4.69) is 36.1 Å². The first-order valence-electron chi connectivity index (χ1n) is 8.31. The molecule has 3 aromatic heterocycles. The van der Waals surface area contributed by atoms with Crippen molar-refractivity contribution in [2.24, 2.45) is 0 Å². The minimum Gasteiger partial charge on any atom is -0.451 e. The molecule has 136 valence electrons. The van der Waals surface area contributed by atoms with Gasteiger partial charge in [-0.3, -0.25) is 4.79 Å². The average molecular weight is 372 g/mol.